The maximum atomic E-state index is 14.5. The lowest BCUT2D eigenvalue weighted by molar-refractivity contribution is -0.135. The summed E-state index contributed by atoms with van der Waals surface area (Å²) in [7, 11) is 1.73. The van der Waals surface area contributed by atoms with Crippen molar-refractivity contribution in [1.82, 2.24) is 15.5 Å². The number of likely N-dealkylation sites (tertiary alicyclic amines) is 1. The second-order valence-electron chi connectivity index (χ2n) is 7.78. The van der Waals surface area contributed by atoms with Gasteiger partial charge in [-0.1, -0.05) is 19.9 Å². The smallest absolute Gasteiger partial charge is 0.225 e. The van der Waals surface area contributed by atoms with Crippen LogP contribution in [-0.2, 0) is 11.3 Å². The predicted octanol–water partition coefficient (Wildman–Crippen LogP) is 3.60. The summed E-state index contributed by atoms with van der Waals surface area (Å²) in [4.78, 5) is 20.3. The van der Waals surface area contributed by atoms with Crippen molar-refractivity contribution in [2.24, 2.45) is 10.9 Å². The fourth-order valence-corrected chi connectivity index (χ4v) is 3.66. The summed E-state index contributed by atoms with van der Waals surface area (Å²) in [5.41, 5.74) is 1.52. The molecule has 0 spiro atoms. The Morgan fingerprint density at radius 3 is 2.40 bits per heavy atom. The molecular formula is C22H37FIN5O. The topological polar surface area (TPSA) is 60.0 Å². The first-order chi connectivity index (χ1) is 13.9. The van der Waals surface area contributed by atoms with Crippen molar-refractivity contribution >= 4 is 41.5 Å². The highest BCUT2D eigenvalue weighted by Crippen LogP contribution is 2.20. The summed E-state index contributed by atoms with van der Waals surface area (Å²) in [6, 6.07) is 5.66. The molecule has 0 aliphatic carbocycles. The molecule has 6 nitrogen and oxygen atoms in total. The first kappa shape index (κ1) is 26.5. The van der Waals surface area contributed by atoms with Crippen molar-refractivity contribution in [3.8, 4) is 0 Å². The Kier molecular flexibility index (Phi) is 11.4. The fraction of sp³-hybridized carbons (Fsp3) is 0.636. The number of hydrogen-bond donors (Lipinski definition) is 2. The van der Waals surface area contributed by atoms with Crippen LogP contribution in [0.2, 0.25) is 0 Å². The van der Waals surface area contributed by atoms with Crippen LogP contribution in [0.5, 0.6) is 0 Å². The summed E-state index contributed by atoms with van der Waals surface area (Å²) < 4.78 is 14.5. The minimum Gasteiger partial charge on any atom is -0.370 e. The van der Waals surface area contributed by atoms with Crippen molar-refractivity contribution in [2.75, 3.05) is 38.1 Å². The van der Waals surface area contributed by atoms with E-state index in [-0.39, 0.29) is 47.7 Å². The molecule has 0 bridgehead atoms. The molecule has 2 N–H and O–H groups in total. The third-order valence-electron chi connectivity index (χ3n) is 5.44. The number of carbonyl (C=O) groups is 1. The first-order valence-corrected chi connectivity index (χ1v) is 10.7. The lowest BCUT2D eigenvalue weighted by Gasteiger charge is -2.34. The van der Waals surface area contributed by atoms with Gasteiger partial charge in [0.15, 0.2) is 5.96 Å². The van der Waals surface area contributed by atoms with E-state index in [1.807, 2.05) is 49.6 Å². The van der Waals surface area contributed by atoms with Crippen molar-refractivity contribution in [1.29, 1.82) is 0 Å². The molecule has 30 heavy (non-hydrogen) atoms. The van der Waals surface area contributed by atoms with E-state index in [9.17, 15) is 9.18 Å². The number of hydrogen-bond acceptors (Lipinski definition) is 3. The van der Waals surface area contributed by atoms with Crippen LogP contribution in [0, 0.1) is 11.7 Å². The quantitative estimate of drug-likeness (QED) is 0.320. The zero-order chi connectivity index (χ0) is 21.4. The van der Waals surface area contributed by atoms with Gasteiger partial charge in [0.05, 0.1) is 5.69 Å². The van der Waals surface area contributed by atoms with E-state index in [2.05, 4.69) is 15.6 Å². The lowest BCUT2D eigenvalue weighted by Crippen LogP contribution is -2.50. The zero-order valence-corrected chi connectivity index (χ0v) is 21.2. The third kappa shape index (κ3) is 7.28. The van der Waals surface area contributed by atoms with E-state index in [0.29, 0.717) is 18.2 Å². The molecule has 0 radical (unpaired) electrons. The number of nitrogens with zero attached hydrogens (tertiary/aromatic N) is 3. The van der Waals surface area contributed by atoms with Crippen molar-refractivity contribution in [2.45, 2.75) is 53.1 Å². The van der Waals surface area contributed by atoms with Crippen LogP contribution in [0.4, 0.5) is 10.1 Å². The summed E-state index contributed by atoms with van der Waals surface area (Å²) in [6.45, 7) is 11.5. The molecule has 170 valence electrons. The highest BCUT2D eigenvalue weighted by atomic mass is 127. The molecule has 1 aromatic rings. The van der Waals surface area contributed by atoms with Gasteiger partial charge < -0.3 is 20.4 Å². The van der Waals surface area contributed by atoms with E-state index in [1.165, 1.54) is 0 Å². The highest BCUT2D eigenvalue weighted by Gasteiger charge is 2.24. The molecule has 1 aliphatic rings. The van der Waals surface area contributed by atoms with E-state index in [0.717, 1.165) is 44.6 Å². The fourth-order valence-electron chi connectivity index (χ4n) is 3.66. The van der Waals surface area contributed by atoms with Gasteiger partial charge in [0.25, 0.3) is 0 Å². The Morgan fingerprint density at radius 2 is 1.90 bits per heavy atom. The van der Waals surface area contributed by atoms with E-state index in [4.69, 9.17) is 0 Å². The van der Waals surface area contributed by atoms with Crippen LogP contribution in [0.25, 0.3) is 0 Å². The number of nitrogens with one attached hydrogen (secondary N) is 2. The first-order valence-electron chi connectivity index (χ1n) is 10.7. The van der Waals surface area contributed by atoms with Gasteiger partial charge in [0.1, 0.15) is 5.82 Å². The zero-order valence-electron chi connectivity index (χ0n) is 18.9. The van der Waals surface area contributed by atoms with Crippen LogP contribution < -0.4 is 15.5 Å². The van der Waals surface area contributed by atoms with E-state index >= 15 is 0 Å². The van der Waals surface area contributed by atoms with Gasteiger partial charge in [0, 0.05) is 51.7 Å². The molecule has 1 fully saturated rings. The number of piperidine rings is 1. The molecule has 0 aromatic heterocycles. The monoisotopic (exact) mass is 533 g/mol. The van der Waals surface area contributed by atoms with Crippen LogP contribution >= 0.6 is 24.0 Å². The average molecular weight is 533 g/mol. The van der Waals surface area contributed by atoms with Crippen LogP contribution in [0.1, 0.15) is 46.1 Å². The number of benzene rings is 1. The molecule has 0 saturated carbocycles. The van der Waals surface area contributed by atoms with Crippen molar-refractivity contribution in [3.63, 3.8) is 0 Å². The Hall–Kier alpha value is -1.58. The second kappa shape index (κ2) is 13.0. The number of aliphatic imine (C=N–C) groups is 1. The van der Waals surface area contributed by atoms with Crippen LogP contribution in [0.15, 0.2) is 23.2 Å². The summed E-state index contributed by atoms with van der Waals surface area (Å²) in [6.07, 6.45) is 1.79. The molecule has 1 aliphatic heterocycles. The summed E-state index contributed by atoms with van der Waals surface area (Å²) in [5.74, 6) is 0.772. The van der Waals surface area contributed by atoms with E-state index < -0.39 is 0 Å². The Labute approximate surface area is 197 Å². The Balaban J connectivity index is 0.00000450. The highest BCUT2D eigenvalue weighted by molar-refractivity contribution is 14.0. The molecule has 2 rings (SSSR count). The van der Waals surface area contributed by atoms with Gasteiger partial charge >= 0.3 is 0 Å². The molecule has 8 heteroatoms. The van der Waals surface area contributed by atoms with Gasteiger partial charge in [-0.2, -0.15) is 0 Å². The minimum atomic E-state index is -0.196. The van der Waals surface area contributed by atoms with Gasteiger partial charge in [0.2, 0.25) is 5.91 Å². The Morgan fingerprint density at radius 1 is 1.27 bits per heavy atom. The maximum absolute atomic E-state index is 14.5. The van der Waals surface area contributed by atoms with Gasteiger partial charge in [-0.05, 0) is 44.4 Å². The number of anilines is 1. The largest absolute Gasteiger partial charge is 0.370 e. The van der Waals surface area contributed by atoms with Crippen LogP contribution in [0.3, 0.4) is 0 Å². The molecule has 1 saturated heterocycles. The number of guanidine groups is 1. The van der Waals surface area contributed by atoms with E-state index in [1.54, 1.807) is 13.1 Å². The minimum absolute atomic E-state index is 0. The molecule has 1 aromatic carbocycles. The van der Waals surface area contributed by atoms with Crippen molar-refractivity contribution < 1.29 is 9.18 Å². The normalized spacial score (nSPS) is 15.0. The van der Waals surface area contributed by atoms with Gasteiger partial charge in [-0.25, -0.2) is 4.39 Å². The number of halogens is 2. The molecule has 0 unspecified atom stereocenters. The third-order valence-corrected chi connectivity index (χ3v) is 5.44. The number of amides is 1. The summed E-state index contributed by atoms with van der Waals surface area (Å²) >= 11 is 0. The standard InChI is InChI=1S/C22H36FN5O.HI/c1-6-27(7-2)20-9-8-17(14-19(20)23)15-25-22(24-5)26-18-10-12-28(13-11-18)21(29)16(3)4;/h8-9,14,16,18H,6-7,10-13,15H2,1-5H3,(H2,24,25,26);1H. The number of carbonyl (C=O) groups excluding carboxylic acids is 1. The van der Waals surface area contributed by atoms with Gasteiger partial charge in [-0.15, -0.1) is 24.0 Å². The second-order valence-corrected chi connectivity index (χ2v) is 7.78. The van der Waals surface area contributed by atoms with Crippen LogP contribution in [-0.4, -0.2) is 56.0 Å². The Bertz CT molecular complexity index is 701. The lowest BCUT2D eigenvalue weighted by atomic mass is 10.0. The molecule has 1 heterocycles. The molecular weight excluding hydrogens is 496 g/mol. The number of rotatable bonds is 7. The molecule has 0 atom stereocenters. The SMILES string of the molecule is CCN(CC)c1ccc(CNC(=NC)NC2CCN(C(=O)C(C)C)CC2)cc1F.I. The summed E-state index contributed by atoms with van der Waals surface area (Å²) in [5, 5.41) is 6.69. The average Bonchev–Trinajstić information content (AvgIpc) is 2.73. The predicted molar refractivity (Wildman–Crippen MR) is 133 cm³/mol. The maximum Gasteiger partial charge on any atom is 0.225 e. The molecule has 1 amide bonds. The van der Waals surface area contributed by atoms with Gasteiger partial charge in [-0.3, -0.25) is 9.79 Å². The van der Waals surface area contributed by atoms with Crippen molar-refractivity contribution in [3.05, 3.63) is 29.6 Å².